The van der Waals surface area contributed by atoms with E-state index in [0.29, 0.717) is 0 Å². The van der Waals surface area contributed by atoms with Crippen LogP contribution in [0.1, 0.15) is 56.6 Å². The smallest absolute Gasteiger partial charge is 0.0318 e. The summed E-state index contributed by atoms with van der Waals surface area (Å²) in [4.78, 5) is 2.53. The van der Waals surface area contributed by atoms with Gasteiger partial charge in [0.05, 0.1) is 0 Å². The van der Waals surface area contributed by atoms with E-state index in [4.69, 9.17) is 5.73 Å². The zero-order chi connectivity index (χ0) is 14.4. The van der Waals surface area contributed by atoms with Gasteiger partial charge >= 0.3 is 0 Å². The predicted octanol–water partition coefficient (Wildman–Crippen LogP) is 4.49. The third-order valence-corrected chi connectivity index (χ3v) is 5.27. The SMILES string of the molecule is CN(CCC(N)c1ccccc1Br)C1CCCCCC1. The van der Waals surface area contributed by atoms with E-state index in [0.717, 1.165) is 23.5 Å². The first kappa shape index (κ1) is 16.0. The fraction of sp³-hybridized carbons (Fsp3) is 0.647. The number of hydrogen-bond donors (Lipinski definition) is 1. The molecule has 0 bridgehead atoms. The third kappa shape index (κ3) is 4.57. The molecule has 1 aromatic carbocycles. The Bertz CT molecular complexity index is 400. The van der Waals surface area contributed by atoms with Crippen LogP contribution in [0.5, 0.6) is 0 Å². The van der Waals surface area contributed by atoms with Crippen molar-refractivity contribution in [3.63, 3.8) is 0 Å². The lowest BCUT2D eigenvalue weighted by Crippen LogP contribution is -2.33. The Kier molecular flexibility index (Phi) is 6.53. The molecule has 1 unspecified atom stereocenters. The van der Waals surface area contributed by atoms with Gasteiger partial charge in [-0.1, -0.05) is 59.8 Å². The number of benzene rings is 1. The quantitative estimate of drug-likeness (QED) is 0.801. The van der Waals surface area contributed by atoms with Crippen molar-refractivity contribution >= 4 is 15.9 Å². The van der Waals surface area contributed by atoms with E-state index >= 15 is 0 Å². The van der Waals surface area contributed by atoms with Gasteiger partial charge in [0.2, 0.25) is 0 Å². The molecule has 112 valence electrons. The van der Waals surface area contributed by atoms with Gasteiger partial charge in [-0.25, -0.2) is 0 Å². The van der Waals surface area contributed by atoms with Crippen molar-refractivity contribution in [2.24, 2.45) is 5.73 Å². The molecule has 0 aliphatic heterocycles. The van der Waals surface area contributed by atoms with Gasteiger partial charge in [0, 0.05) is 16.6 Å². The van der Waals surface area contributed by atoms with Crippen LogP contribution < -0.4 is 5.73 Å². The molecule has 3 heteroatoms. The Morgan fingerprint density at radius 1 is 1.20 bits per heavy atom. The molecule has 0 aromatic heterocycles. The Balaban J connectivity index is 1.83. The van der Waals surface area contributed by atoms with Crippen molar-refractivity contribution in [3.05, 3.63) is 34.3 Å². The van der Waals surface area contributed by atoms with Crippen LogP contribution in [-0.4, -0.2) is 24.5 Å². The average Bonchev–Trinajstić information content (AvgIpc) is 2.74. The molecule has 0 radical (unpaired) electrons. The minimum atomic E-state index is 0.124. The second-order valence-corrected chi connectivity index (χ2v) is 6.90. The van der Waals surface area contributed by atoms with Crippen LogP contribution in [0.15, 0.2) is 28.7 Å². The lowest BCUT2D eigenvalue weighted by molar-refractivity contribution is 0.214. The normalized spacial score (nSPS) is 19.0. The maximum absolute atomic E-state index is 6.35. The summed E-state index contributed by atoms with van der Waals surface area (Å²) in [5.41, 5.74) is 7.57. The molecule has 1 aliphatic carbocycles. The number of halogens is 1. The highest BCUT2D eigenvalue weighted by Gasteiger charge is 2.18. The molecule has 2 nitrogen and oxygen atoms in total. The molecule has 1 saturated carbocycles. The summed E-state index contributed by atoms with van der Waals surface area (Å²) < 4.78 is 1.13. The Hall–Kier alpha value is -0.380. The van der Waals surface area contributed by atoms with Crippen LogP contribution in [0.4, 0.5) is 0 Å². The molecule has 0 heterocycles. The summed E-state index contributed by atoms with van der Waals surface area (Å²) in [6.07, 6.45) is 9.37. The van der Waals surface area contributed by atoms with Gasteiger partial charge in [0.1, 0.15) is 0 Å². The monoisotopic (exact) mass is 338 g/mol. The Morgan fingerprint density at radius 3 is 2.50 bits per heavy atom. The minimum Gasteiger partial charge on any atom is -0.324 e. The van der Waals surface area contributed by atoms with Gasteiger partial charge in [0.25, 0.3) is 0 Å². The molecule has 1 aliphatic rings. The van der Waals surface area contributed by atoms with Gasteiger partial charge in [-0.15, -0.1) is 0 Å². The second-order valence-electron chi connectivity index (χ2n) is 6.04. The lowest BCUT2D eigenvalue weighted by Gasteiger charge is -2.28. The maximum atomic E-state index is 6.35. The number of nitrogens with two attached hydrogens (primary N) is 1. The van der Waals surface area contributed by atoms with Crippen LogP contribution in [0.25, 0.3) is 0 Å². The zero-order valence-electron chi connectivity index (χ0n) is 12.5. The number of nitrogens with zero attached hydrogens (tertiary/aromatic N) is 1. The molecule has 0 spiro atoms. The van der Waals surface area contributed by atoms with Gasteiger partial charge in [-0.3, -0.25) is 0 Å². The zero-order valence-corrected chi connectivity index (χ0v) is 14.1. The summed E-state index contributed by atoms with van der Waals surface area (Å²) in [6, 6.07) is 9.19. The van der Waals surface area contributed by atoms with Crippen molar-refractivity contribution in [2.75, 3.05) is 13.6 Å². The van der Waals surface area contributed by atoms with Gasteiger partial charge in [0.15, 0.2) is 0 Å². The van der Waals surface area contributed by atoms with E-state index < -0.39 is 0 Å². The molecular formula is C17H27BrN2. The van der Waals surface area contributed by atoms with Crippen LogP contribution in [0, 0.1) is 0 Å². The van der Waals surface area contributed by atoms with E-state index in [-0.39, 0.29) is 6.04 Å². The highest BCUT2D eigenvalue weighted by atomic mass is 79.9. The van der Waals surface area contributed by atoms with E-state index in [2.05, 4.69) is 46.1 Å². The Morgan fingerprint density at radius 2 is 1.85 bits per heavy atom. The lowest BCUT2D eigenvalue weighted by atomic mass is 10.0. The first-order valence-electron chi connectivity index (χ1n) is 7.88. The van der Waals surface area contributed by atoms with Crippen molar-refractivity contribution in [2.45, 2.75) is 57.0 Å². The average molecular weight is 339 g/mol. The van der Waals surface area contributed by atoms with Gasteiger partial charge < -0.3 is 10.6 Å². The standard InChI is InChI=1S/C17H27BrN2/c1-20(14-8-4-2-3-5-9-14)13-12-17(19)15-10-6-7-11-16(15)18/h6-7,10-11,14,17H,2-5,8-9,12-13,19H2,1H3. The summed E-state index contributed by atoms with van der Waals surface area (Å²) in [5, 5.41) is 0. The van der Waals surface area contributed by atoms with E-state index in [1.165, 1.54) is 44.1 Å². The van der Waals surface area contributed by atoms with Crippen LogP contribution >= 0.6 is 15.9 Å². The summed E-state index contributed by atoms with van der Waals surface area (Å²) in [5.74, 6) is 0. The van der Waals surface area contributed by atoms with E-state index in [1.807, 2.05) is 6.07 Å². The molecule has 1 atom stereocenters. The molecule has 0 saturated heterocycles. The highest BCUT2D eigenvalue weighted by Crippen LogP contribution is 2.25. The van der Waals surface area contributed by atoms with Crippen LogP contribution in [-0.2, 0) is 0 Å². The summed E-state index contributed by atoms with van der Waals surface area (Å²) >= 11 is 3.60. The van der Waals surface area contributed by atoms with E-state index in [1.54, 1.807) is 0 Å². The predicted molar refractivity (Wildman–Crippen MR) is 89.8 cm³/mol. The third-order valence-electron chi connectivity index (χ3n) is 4.55. The molecule has 2 rings (SSSR count). The second kappa shape index (κ2) is 8.16. The van der Waals surface area contributed by atoms with E-state index in [9.17, 15) is 0 Å². The van der Waals surface area contributed by atoms with Crippen LogP contribution in [0.3, 0.4) is 0 Å². The van der Waals surface area contributed by atoms with Gasteiger partial charge in [-0.2, -0.15) is 0 Å². The van der Waals surface area contributed by atoms with Crippen LogP contribution in [0.2, 0.25) is 0 Å². The number of hydrogen-bond acceptors (Lipinski definition) is 2. The molecule has 0 amide bonds. The number of rotatable bonds is 5. The fourth-order valence-electron chi connectivity index (χ4n) is 3.16. The van der Waals surface area contributed by atoms with Gasteiger partial charge in [-0.05, 0) is 44.5 Å². The topological polar surface area (TPSA) is 29.3 Å². The van der Waals surface area contributed by atoms with Crippen molar-refractivity contribution < 1.29 is 0 Å². The van der Waals surface area contributed by atoms with Crippen molar-refractivity contribution in [3.8, 4) is 0 Å². The summed E-state index contributed by atoms with van der Waals surface area (Å²) in [7, 11) is 2.27. The summed E-state index contributed by atoms with van der Waals surface area (Å²) in [6.45, 7) is 1.09. The van der Waals surface area contributed by atoms with Crippen molar-refractivity contribution in [1.82, 2.24) is 4.90 Å². The highest BCUT2D eigenvalue weighted by molar-refractivity contribution is 9.10. The molecular weight excluding hydrogens is 312 g/mol. The fourth-order valence-corrected chi connectivity index (χ4v) is 3.73. The largest absolute Gasteiger partial charge is 0.324 e. The Labute approximate surface area is 131 Å². The molecule has 2 N–H and O–H groups in total. The molecule has 1 fully saturated rings. The van der Waals surface area contributed by atoms with Crippen molar-refractivity contribution in [1.29, 1.82) is 0 Å². The minimum absolute atomic E-state index is 0.124. The molecule has 20 heavy (non-hydrogen) atoms. The molecule has 1 aromatic rings. The first-order chi connectivity index (χ1) is 9.68. The maximum Gasteiger partial charge on any atom is 0.0318 e. The first-order valence-corrected chi connectivity index (χ1v) is 8.68.